The summed E-state index contributed by atoms with van der Waals surface area (Å²) in [5.41, 5.74) is 9.72. The average molecular weight is 366 g/mol. The van der Waals surface area contributed by atoms with E-state index in [-0.39, 0.29) is 12.3 Å². The molecule has 2 atom stereocenters. The van der Waals surface area contributed by atoms with Crippen LogP contribution in [0.4, 0.5) is 0 Å². The second-order valence-corrected chi connectivity index (χ2v) is 7.02. The topological polar surface area (TPSA) is 110 Å². The van der Waals surface area contributed by atoms with Crippen molar-refractivity contribution in [2.45, 2.75) is 62.3 Å². The molecular weight excluding hydrogens is 334 g/mol. The number of hydrogen-bond donors (Lipinski definition) is 5. The Bertz CT molecular complexity index is 372. The molecule has 0 aliphatic rings. The van der Waals surface area contributed by atoms with Crippen molar-refractivity contribution in [2.75, 3.05) is 19.3 Å². The minimum Gasteiger partial charge on any atom is -0.478 e. The van der Waals surface area contributed by atoms with Crippen molar-refractivity contribution >= 4 is 37.1 Å². The molecule has 1 unspecified atom stereocenters. The van der Waals surface area contributed by atoms with Crippen LogP contribution in [0.3, 0.4) is 0 Å². The highest BCUT2D eigenvalue weighted by molar-refractivity contribution is 7.81. The van der Waals surface area contributed by atoms with E-state index in [1.54, 1.807) is 0 Å². The highest BCUT2D eigenvalue weighted by atomic mass is 32.1. The number of carboxylic acid groups (broad SMARTS) is 1. The van der Waals surface area contributed by atoms with Gasteiger partial charge in [-0.15, -0.1) is 0 Å². The van der Waals surface area contributed by atoms with Crippen LogP contribution in [0.1, 0.15) is 51.4 Å². The van der Waals surface area contributed by atoms with E-state index in [0.717, 1.165) is 29.9 Å². The third kappa shape index (κ3) is 8.28. The summed E-state index contributed by atoms with van der Waals surface area (Å²) in [6, 6.07) is 0. The van der Waals surface area contributed by atoms with Gasteiger partial charge in [0.05, 0.1) is 0 Å². The first-order valence-electron chi connectivity index (χ1n) is 8.07. The van der Waals surface area contributed by atoms with E-state index in [2.05, 4.69) is 25.3 Å². The van der Waals surface area contributed by atoms with Gasteiger partial charge in [0.2, 0.25) is 5.91 Å². The van der Waals surface area contributed by atoms with E-state index >= 15 is 0 Å². The van der Waals surface area contributed by atoms with Crippen LogP contribution in [0.25, 0.3) is 0 Å². The first-order chi connectivity index (χ1) is 10.8. The number of likely N-dealkylation sites (N-methyl/N-ethyl adjacent to an activating group) is 1. The molecule has 0 aliphatic heterocycles. The van der Waals surface area contributed by atoms with Crippen LogP contribution in [0.15, 0.2) is 0 Å². The molecule has 0 radical (unpaired) electrons. The van der Waals surface area contributed by atoms with Crippen LogP contribution in [0.2, 0.25) is 0 Å². The zero-order chi connectivity index (χ0) is 17.9. The molecule has 0 aromatic rings. The van der Waals surface area contributed by atoms with Crippen molar-refractivity contribution in [1.82, 2.24) is 4.90 Å². The summed E-state index contributed by atoms with van der Waals surface area (Å²) in [6.07, 6.45) is 5.18. The fourth-order valence-corrected chi connectivity index (χ4v) is 3.12. The van der Waals surface area contributed by atoms with Crippen LogP contribution in [-0.2, 0) is 9.59 Å². The fourth-order valence-electron chi connectivity index (χ4n) is 2.30. The third-order valence-corrected chi connectivity index (χ3v) is 4.77. The Kier molecular flexibility index (Phi) is 11.8. The Morgan fingerprint density at radius 1 is 1.22 bits per heavy atom. The summed E-state index contributed by atoms with van der Waals surface area (Å²) in [6.45, 7) is 0.477. The normalized spacial score (nSPS) is 15.0. The van der Waals surface area contributed by atoms with E-state index in [9.17, 15) is 14.7 Å². The molecule has 5 N–H and O–H groups in total. The van der Waals surface area contributed by atoms with Crippen molar-refractivity contribution in [2.24, 2.45) is 11.5 Å². The molecule has 0 aromatic heterocycles. The Labute approximate surface area is 150 Å². The van der Waals surface area contributed by atoms with Gasteiger partial charge in [-0.3, -0.25) is 10.5 Å². The number of nitrogens with zero attached hydrogens (tertiary/aromatic N) is 1. The van der Waals surface area contributed by atoms with Gasteiger partial charge in [0.15, 0.2) is 5.66 Å². The lowest BCUT2D eigenvalue weighted by Gasteiger charge is -2.35. The monoisotopic (exact) mass is 365 g/mol. The Morgan fingerprint density at radius 3 is 2.39 bits per heavy atom. The summed E-state index contributed by atoms with van der Waals surface area (Å²) in [5, 5.41) is 9.68. The second-order valence-electron chi connectivity index (χ2n) is 5.84. The number of thiol groups is 2. The molecule has 136 valence electrons. The van der Waals surface area contributed by atoms with Crippen molar-refractivity contribution in [3.63, 3.8) is 0 Å². The molecule has 8 heteroatoms. The molecule has 0 aromatic carbocycles. The van der Waals surface area contributed by atoms with Crippen LogP contribution in [0.5, 0.6) is 0 Å². The smallest absolute Gasteiger partial charge is 0.344 e. The number of carbonyl (C=O) groups excluding carboxylic acids is 1. The molecule has 0 heterocycles. The minimum absolute atomic E-state index is 0.197. The van der Waals surface area contributed by atoms with Crippen LogP contribution < -0.4 is 11.5 Å². The van der Waals surface area contributed by atoms with Crippen molar-refractivity contribution in [1.29, 1.82) is 0 Å². The maximum absolute atomic E-state index is 12.2. The van der Waals surface area contributed by atoms with Gasteiger partial charge >= 0.3 is 5.97 Å². The first-order valence-corrected chi connectivity index (χ1v) is 9.22. The molecule has 0 aliphatic carbocycles. The highest BCUT2D eigenvalue weighted by Gasteiger charge is 2.40. The quantitative estimate of drug-likeness (QED) is 0.193. The Hall–Kier alpha value is -0.440. The van der Waals surface area contributed by atoms with Gasteiger partial charge in [0.1, 0.15) is 0 Å². The van der Waals surface area contributed by atoms with Gasteiger partial charge in [-0.2, -0.15) is 25.3 Å². The molecule has 0 rings (SSSR count). The standard InChI is InChI=1S/C15H31N3O3S2/c1-18(15(17,14(20)21)9-4-5-10-16)13(19)7-3-2-6-12(23)8-11-22/h12,22-23H,2-11,16-17H2,1H3,(H,20,21)/t12?,15-/m0/s1. The average Bonchev–Trinajstić information content (AvgIpc) is 2.50. The van der Waals surface area contributed by atoms with Gasteiger partial charge in [-0.25, -0.2) is 4.79 Å². The predicted molar refractivity (Wildman–Crippen MR) is 99.9 cm³/mol. The molecule has 0 spiro atoms. The number of carboxylic acids is 1. The van der Waals surface area contributed by atoms with E-state index in [4.69, 9.17) is 11.5 Å². The van der Waals surface area contributed by atoms with E-state index in [1.165, 1.54) is 7.05 Å². The van der Waals surface area contributed by atoms with Gasteiger partial charge in [0, 0.05) is 18.7 Å². The lowest BCUT2D eigenvalue weighted by molar-refractivity contribution is -0.158. The molecule has 0 bridgehead atoms. The molecule has 0 fully saturated rings. The summed E-state index contributed by atoms with van der Waals surface area (Å²) < 4.78 is 0. The van der Waals surface area contributed by atoms with E-state index in [0.29, 0.717) is 37.5 Å². The minimum atomic E-state index is -1.66. The predicted octanol–water partition coefficient (Wildman–Crippen LogP) is 1.49. The van der Waals surface area contributed by atoms with E-state index in [1.807, 2.05) is 0 Å². The van der Waals surface area contributed by atoms with Crippen LogP contribution in [0, 0.1) is 0 Å². The van der Waals surface area contributed by atoms with Crippen LogP contribution in [-0.4, -0.2) is 52.1 Å². The molecule has 23 heavy (non-hydrogen) atoms. The van der Waals surface area contributed by atoms with Gasteiger partial charge in [-0.1, -0.05) is 6.42 Å². The van der Waals surface area contributed by atoms with Gasteiger partial charge in [-0.05, 0) is 50.8 Å². The molecule has 0 saturated heterocycles. The fraction of sp³-hybridized carbons (Fsp3) is 0.867. The van der Waals surface area contributed by atoms with Gasteiger partial charge < -0.3 is 15.7 Å². The Balaban J connectivity index is 4.38. The lowest BCUT2D eigenvalue weighted by atomic mass is 10.0. The van der Waals surface area contributed by atoms with Crippen LogP contribution >= 0.6 is 25.3 Å². The number of unbranched alkanes of at least 4 members (excludes halogenated alkanes) is 2. The maximum Gasteiger partial charge on any atom is 0.344 e. The Morgan fingerprint density at radius 2 is 1.87 bits per heavy atom. The number of rotatable bonds is 13. The van der Waals surface area contributed by atoms with Gasteiger partial charge in [0.25, 0.3) is 0 Å². The van der Waals surface area contributed by atoms with E-state index < -0.39 is 11.6 Å². The number of hydrogen-bond acceptors (Lipinski definition) is 6. The first kappa shape index (κ1) is 22.6. The summed E-state index contributed by atoms with van der Waals surface area (Å²) in [7, 11) is 1.46. The van der Waals surface area contributed by atoms with Crippen molar-refractivity contribution in [3.8, 4) is 0 Å². The van der Waals surface area contributed by atoms with Crippen molar-refractivity contribution < 1.29 is 14.7 Å². The summed E-state index contributed by atoms with van der Waals surface area (Å²) in [5.74, 6) is -0.630. The number of aliphatic carboxylic acids is 1. The number of amides is 1. The highest BCUT2D eigenvalue weighted by Crippen LogP contribution is 2.19. The third-order valence-electron chi connectivity index (χ3n) is 4.00. The summed E-state index contributed by atoms with van der Waals surface area (Å²) >= 11 is 8.61. The molecule has 0 saturated carbocycles. The summed E-state index contributed by atoms with van der Waals surface area (Å²) in [4.78, 5) is 24.9. The van der Waals surface area contributed by atoms with Crippen molar-refractivity contribution in [3.05, 3.63) is 0 Å². The number of nitrogens with two attached hydrogens (primary N) is 2. The SMILES string of the molecule is CN(C(=O)CCCCC(S)CCS)[C@@](N)(CCCCN)C(=O)O. The molecule has 1 amide bonds. The number of carbonyl (C=O) groups is 2. The second kappa shape index (κ2) is 12.0. The zero-order valence-electron chi connectivity index (χ0n) is 13.9. The lowest BCUT2D eigenvalue weighted by Crippen LogP contribution is -2.62. The largest absolute Gasteiger partial charge is 0.478 e. The zero-order valence-corrected chi connectivity index (χ0v) is 15.7. The molecular formula is C15H31N3O3S2. The maximum atomic E-state index is 12.2. The molecule has 6 nitrogen and oxygen atoms in total.